The molecule has 2 N–H and O–H groups in total. The normalized spacial score (nSPS) is 16.4. The number of aldehydes is 1. The van der Waals surface area contributed by atoms with Gasteiger partial charge in [-0.2, -0.15) is 5.10 Å². The van der Waals surface area contributed by atoms with Crippen molar-refractivity contribution in [2.45, 2.75) is 25.9 Å². The maximum absolute atomic E-state index is 11.2. The third kappa shape index (κ3) is 3.42. The number of phenolic OH excluding ortho intramolecular Hbond substituents is 1. The predicted octanol–water partition coefficient (Wildman–Crippen LogP) is 3.15. The molecule has 1 atom stereocenters. The molecule has 6 heteroatoms. The zero-order valence-corrected chi connectivity index (χ0v) is 14.2. The Bertz CT molecular complexity index is 821. The van der Waals surface area contributed by atoms with Gasteiger partial charge in [-0.05, 0) is 49.9 Å². The van der Waals surface area contributed by atoms with Crippen LogP contribution in [-0.4, -0.2) is 27.8 Å². The number of aromatic nitrogens is 2. The highest BCUT2D eigenvalue weighted by Crippen LogP contribution is 2.29. The summed E-state index contributed by atoms with van der Waals surface area (Å²) < 4.78 is 7.78. The van der Waals surface area contributed by atoms with E-state index in [1.807, 2.05) is 29.1 Å². The largest absolute Gasteiger partial charge is 0.507 e. The molecule has 0 amide bonds. The second-order valence-electron chi connectivity index (χ2n) is 6.09. The van der Waals surface area contributed by atoms with Crippen LogP contribution in [0.3, 0.4) is 0 Å². The number of phenols is 1. The molecular formula is C19H21N3O3. The Kier molecular flexibility index (Phi) is 4.88. The molecule has 1 aromatic carbocycles. The standard InChI is InChI=1S/C19H21N3O3/c1-13(2)22-16(8-10-21-22)19-14(5-4-9-20-19)12-25-18-7-3-6-17(24)15(18)11-23/h3-11,13,19-20,24H,12H2,1-2H3. The fourth-order valence-corrected chi connectivity index (χ4v) is 2.86. The molecular weight excluding hydrogens is 318 g/mol. The van der Waals surface area contributed by atoms with Crippen molar-refractivity contribution in [3.63, 3.8) is 0 Å². The molecule has 3 rings (SSSR count). The summed E-state index contributed by atoms with van der Waals surface area (Å²) in [7, 11) is 0. The van der Waals surface area contributed by atoms with E-state index in [9.17, 15) is 9.90 Å². The first-order chi connectivity index (χ1) is 12.1. The number of allylic oxidation sites excluding steroid dienone is 2. The van der Waals surface area contributed by atoms with Gasteiger partial charge in [0, 0.05) is 12.2 Å². The molecule has 2 heterocycles. The van der Waals surface area contributed by atoms with E-state index in [1.165, 1.54) is 6.07 Å². The number of ether oxygens (including phenoxy) is 1. The number of hydrogen-bond acceptors (Lipinski definition) is 5. The molecule has 0 saturated carbocycles. The van der Waals surface area contributed by atoms with Gasteiger partial charge < -0.3 is 15.2 Å². The second kappa shape index (κ2) is 7.25. The van der Waals surface area contributed by atoms with Crippen LogP contribution in [0.15, 0.2) is 54.4 Å². The molecule has 1 aliphatic rings. The Labute approximate surface area is 146 Å². The minimum absolute atomic E-state index is 0.0631. The van der Waals surface area contributed by atoms with E-state index in [1.54, 1.807) is 18.3 Å². The van der Waals surface area contributed by atoms with Crippen LogP contribution < -0.4 is 10.1 Å². The average Bonchev–Trinajstić information content (AvgIpc) is 3.10. The zero-order valence-electron chi connectivity index (χ0n) is 14.2. The van der Waals surface area contributed by atoms with Crippen LogP contribution in [0, 0.1) is 0 Å². The van der Waals surface area contributed by atoms with Crippen molar-refractivity contribution in [2.24, 2.45) is 0 Å². The maximum Gasteiger partial charge on any atom is 0.157 e. The van der Waals surface area contributed by atoms with Gasteiger partial charge in [0.25, 0.3) is 0 Å². The van der Waals surface area contributed by atoms with Gasteiger partial charge in [-0.3, -0.25) is 9.48 Å². The summed E-state index contributed by atoms with van der Waals surface area (Å²) in [5.41, 5.74) is 2.21. The number of nitrogens with zero attached hydrogens (tertiary/aromatic N) is 2. The molecule has 0 spiro atoms. The van der Waals surface area contributed by atoms with Crippen LogP contribution in [-0.2, 0) is 0 Å². The minimum atomic E-state index is -0.0856. The number of aromatic hydroxyl groups is 1. The van der Waals surface area contributed by atoms with E-state index in [2.05, 4.69) is 24.3 Å². The van der Waals surface area contributed by atoms with Gasteiger partial charge in [0.2, 0.25) is 0 Å². The summed E-state index contributed by atoms with van der Waals surface area (Å²) in [6.45, 7) is 4.45. The molecule has 0 saturated heterocycles. The van der Waals surface area contributed by atoms with E-state index < -0.39 is 0 Å². The number of carbonyl (C=O) groups is 1. The molecule has 0 aliphatic carbocycles. The van der Waals surface area contributed by atoms with E-state index in [-0.39, 0.29) is 30.0 Å². The summed E-state index contributed by atoms with van der Waals surface area (Å²) in [6.07, 6.45) is 8.17. The van der Waals surface area contributed by atoms with Crippen LogP contribution in [0.2, 0.25) is 0 Å². The fraction of sp³-hybridized carbons (Fsp3) is 0.263. The predicted molar refractivity (Wildman–Crippen MR) is 94.7 cm³/mol. The first-order valence-corrected chi connectivity index (χ1v) is 8.17. The Balaban J connectivity index is 1.82. The van der Waals surface area contributed by atoms with Crippen LogP contribution in [0.5, 0.6) is 11.5 Å². The number of carbonyl (C=O) groups excluding carboxylic acids is 1. The molecule has 0 fully saturated rings. The zero-order chi connectivity index (χ0) is 17.8. The maximum atomic E-state index is 11.2. The number of hydrogen-bond donors (Lipinski definition) is 2. The Hall–Kier alpha value is -3.02. The van der Waals surface area contributed by atoms with Crippen LogP contribution >= 0.6 is 0 Å². The first kappa shape index (κ1) is 16.8. The lowest BCUT2D eigenvalue weighted by molar-refractivity contribution is 0.111. The van der Waals surface area contributed by atoms with Crippen molar-refractivity contribution in [3.05, 3.63) is 65.6 Å². The molecule has 1 unspecified atom stereocenters. The summed E-state index contributed by atoms with van der Waals surface area (Å²) in [6, 6.07) is 6.94. The molecule has 25 heavy (non-hydrogen) atoms. The average molecular weight is 339 g/mol. The third-order valence-electron chi connectivity index (χ3n) is 4.08. The van der Waals surface area contributed by atoms with E-state index in [0.29, 0.717) is 12.0 Å². The van der Waals surface area contributed by atoms with E-state index >= 15 is 0 Å². The van der Waals surface area contributed by atoms with Gasteiger partial charge in [0.15, 0.2) is 6.29 Å². The van der Waals surface area contributed by atoms with Gasteiger partial charge in [-0.1, -0.05) is 12.1 Å². The molecule has 0 bridgehead atoms. The lowest BCUT2D eigenvalue weighted by Crippen LogP contribution is -2.26. The first-order valence-electron chi connectivity index (χ1n) is 8.17. The van der Waals surface area contributed by atoms with Crippen molar-refractivity contribution in [1.82, 2.24) is 15.1 Å². The Morgan fingerprint density at radius 3 is 3.00 bits per heavy atom. The van der Waals surface area contributed by atoms with Gasteiger partial charge in [-0.15, -0.1) is 0 Å². The van der Waals surface area contributed by atoms with Gasteiger partial charge in [-0.25, -0.2) is 0 Å². The molecule has 130 valence electrons. The quantitative estimate of drug-likeness (QED) is 0.791. The van der Waals surface area contributed by atoms with Crippen molar-refractivity contribution >= 4 is 6.29 Å². The van der Waals surface area contributed by atoms with Gasteiger partial charge in [0.05, 0.1) is 17.3 Å². The Morgan fingerprint density at radius 2 is 2.24 bits per heavy atom. The number of rotatable bonds is 6. The second-order valence-corrected chi connectivity index (χ2v) is 6.09. The topological polar surface area (TPSA) is 76.4 Å². The van der Waals surface area contributed by atoms with Crippen LogP contribution in [0.1, 0.15) is 42.0 Å². The SMILES string of the molecule is CC(C)n1nccc1C1NC=CC=C1COc1cccc(O)c1C=O. The lowest BCUT2D eigenvalue weighted by atomic mass is 10.0. The highest BCUT2D eigenvalue weighted by Gasteiger charge is 2.22. The highest BCUT2D eigenvalue weighted by atomic mass is 16.5. The summed E-state index contributed by atoms with van der Waals surface area (Å²) >= 11 is 0. The van der Waals surface area contributed by atoms with E-state index in [4.69, 9.17) is 4.74 Å². The number of nitrogens with one attached hydrogen (secondary N) is 1. The Morgan fingerprint density at radius 1 is 1.40 bits per heavy atom. The van der Waals surface area contributed by atoms with Crippen molar-refractivity contribution in [2.75, 3.05) is 6.61 Å². The molecule has 2 aromatic rings. The summed E-state index contributed by atoms with van der Waals surface area (Å²) in [5, 5.41) is 17.5. The monoisotopic (exact) mass is 339 g/mol. The molecule has 0 radical (unpaired) electrons. The molecule has 1 aliphatic heterocycles. The summed E-state index contributed by atoms with van der Waals surface area (Å²) in [4.78, 5) is 11.2. The minimum Gasteiger partial charge on any atom is -0.507 e. The van der Waals surface area contributed by atoms with Crippen molar-refractivity contribution in [3.8, 4) is 11.5 Å². The van der Waals surface area contributed by atoms with Crippen LogP contribution in [0.4, 0.5) is 0 Å². The lowest BCUT2D eigenvalue weighted by Gasteiger charge is -2.25. The van der Waals surface area contributed by atoms with Crippen molar-refractivity contribution in [1.29, 1.82) is 0 Å². The van der Waals surface area contributed by atoms with Crippen LogP contribution in [0.25, 0.3) is 0 Å². The van der Waals surface area contributed by atoms with Gasteiger partial charge in [0.1, 0.15) is 18.1 Å². The molecule has 1 aromatic heterocycles. The summed E-state index contributed by atoms with van der Waals surface area (Å²) in [5.74, 6) is 0.277. The number of benzene rings is 1. The fourth-order valence-electron chi connectivity index (χ4n) is 2.86. The molecule has 6 nitrogen and oxygen atoms in total. The van der Waals surface area contributed by atoms with Gasteiger partial charge >= 0.3 is 0 Å². The third-order valence-corrected chi connectivity index (χ3v) is 4.08. The highest BCUT2D eigenvalue weighted by molar-refractivity contribution is 5.83. The number of dihydropyridines is 1. The smallest absolute Gasteiger partial charge is 0.157 e. The van der Waals surface area contributed by atoms with Crippen molar-refractivity contribution < 1.29 is 14.6 Å². The van der Waals surface area contributed by atoms with E-state index in [0.717, 1.165) is 11.3 Å².